The normalized spacial score (nSPS) is 10.6. The minimum atomic E-state index is -0.210. The third kappa shape index (κ3) is 3.00. The summed E-state index contributed by atoms with van der Waals surface area (Å²) in [5, 5.41) is 5.09. The van der Waals surface area contributed by atoms with Crippen LogP contribution in [0.5, 0.6) is 0 Å². The molecule has 0 atom stereocenters. The van der Waals surface area contributed by atoms with Gasteiger partial charge in [-0.3, -0.25) is 9.78 Å². The molecule has 25 heavy (non-hydrogen) atoms. The zero-order valence-electron chi connectivity index (χ0n) is 13.5. The monoisotopic (exact) mass is 324 g/mol. The van der Waals surface area contributed by atoms with Crippen LogP contribution in [-0.2, 0) is 0 Å². The first-order chi connectivity index (χ1) is 12.3. The Morgan fingerprint density at radius 1 is 0.720 bits per heavy atom. The van der Waals surface area contributed by atoms with Gasteiger partial charge in [0.05, 0.1) is 0 Å². The van der Waals surface area contributed by atoms with Gasteiger partial charge in [-0.2, -0.15) is 0 Å². The van der Waals surface area contributed by atoms with E-state index in [0.717, 1.165) is 27.6 Å². The van der Waals surface area contributed by atoms with E-state index in [2.05, 4.69) is 34.6 Å². The number of benzene rings is 3. The number of hydrogen-bond donors (Lipinski definition) is 1. The number of fused-ring (bicyclic) bond motifs is 1. The van der Waals surface area contributed by atoms with E-state index >= 15 is 0 Å². The zero-order chi connectivity index (χ0) is 17.1. The lowest BCUT2D eigenvalue weighted by Gasteiger charge is -2.12. The molecule has 0 unspecified atom stereocenters. The smallest absolute Gasteiger partial charge is 0.274 e. The fourth-order valence-electron chi connectivity index (χ4n) is 2.97. The second-order valence-electron chi connectivity index (χ2n) is 5.74. The fourth-order valence-corrected chi connectivity index (χ4v) is 2.97. The first kappa shape index (κ1) is 15.1. The van der Waals surface area contributed by atoms with Crippen LogP contribution in [0.3, 0.4) is 0 Å². The van der Waals surface area contributed by atoms with Crippen molar-refractivity contribution in [3.8, 4) is 11.1 Å². The van der Waals surface area contributed by atoms with Crippen LogP contribution in [-0.4, -0.2) is 10.9 Å². The molecule has 3 aromatic carbocycles. The Morgan fingerprint density at radius 2 is 1.48 bits per heavy atom. The molecule has 4 aromatic rings. The average Bonchev–Trinajstić information content (AvgIpc) is 2.69. The molecule has 1 N–H and O–H groups in total. The predicted molar refractivity (Wildman–Crippen MR) is 102 cm³/mol. The molecule has 3 nitrogen and oxygen atoms in total. The topological polar surface area (TPSA) is 42.0 Å². The van der Waals surface area contributed by atoms with Crippen molar-refractivity contribution >= 4 is 22.4 Å². The number of amides is 1. The maximum atomic E-state index is 12.4. The fraction of sp³-hybridized carbons (Fsp3) is 0. The summed E-state index contributed by atoms with van der Waals surface area (Å²) in [6, 6.07) is 27.6. The minimum Gasteiger partial charge on any atom is -0.320 e. The van der Waals surface area contributed by atoms with Crippen molar-refractivity contribution < 1.29 is 4.79 Å². The van der Waals surface area contributed by atoms with Gasteiger partial charge in [-0.15, -0.1) is 0 Å². The molecule has 0 radical (unpaired) electrons. The highest BCUT2D eigenvalue weighted by Gasteiger charge is 2.11. The van der Waals surface area contributed by atoms with Gasteiger partial charge in [0, 0.05) is 17.3 Å². The van der Waals surface area contributed by atoms with Crippen LogP contribution >= 0.6 is 0 Å². The third-order valence-electron chi connectivity index (χ3n) is 4.15. The number of hydrogen-bond acceptors (Lipinski definition) is 2. The van der Waals surface area contributed by atoms with Crippen molar-refractivity contribution in [1.29, 1.82) is 0 Å². The molecule has 0 saturated heterocycles. The Bertz CT molecular complexity index is 1030. The minimum absolute atomic E-state index is 0.210. The molecule has 0 aliphatic carbocycles. The largest absolute Gasteiger partial charge is 0.320 e. The second kappa shape index (κ2) is 6.57. The SMILES string of the molecule is O=C(Nc1cccc2c(-c3ccccc3)cccc12)c1ccccn1. The summed E-state index contributed by atoms with van der Waals surface area (Å²) in [6.45, 7) is 0. The Morgan fingerprint density at radius 3 is 2.28 bits per heavy atom. The first-order valence-corrected chi connectivity index (χ1v) is 8.12. The van der Waals surface area contributed by atoms with Gasteiger partial charge < -0.3 is 5.32 Å². The van der Waals surface area contributed by atoms with Gasteiger partial charge in [-0.1, -0.05) is 66.7 Å². The highest BCUT2D eigenvalue weighted by Crippen LogP contribution is 2.32. The van der Waals surface area contributed by atoms with E-state index in [4.69, 9.17) is 0 Å². The summed E-state index contributed by atoms with van der Waals surface area (Å²) >= 11 is 0. The van der Waals surface area contributed by atoms with Crippen molar-refractivity contribution in [2.75, 3.05) is 5.32 Å². The van der Waals surface area contributed by atoms with E-state index < -0.39 is 0 Å². The molecule has 0 spiro atoms. The van der Waals surface area contributed by atoms with Crippen molar-refractivity contribution in [3.05, 3.63) is 96.8 Å². The molecular weight excluding hydrogens is 308 g/mol. The summed E-state index contributed by atoms with van der Waals surface area (Å²) in [5.41, 5.74) is 3.48. The van der Waals surface area contributed by atoms with E-state index in [-0.39, 0.29) is 5.91 Å². The highest BCUT2D eigenvalue weighted by atomic mass is 16.1. The van der Waals surface area contributed by atoms with E-state index in [1.54, 1.807) is 24.4 Å². The van der Waals surface area contributed by atoms with Crippen molar-refractivity contribution in [1.82, 2.24) is 4.98 Å². The number of nitrogens with one attached hydrogen (secondary N) is 1. The van der Waals surface area contributed by atoms with Crippen LogP contribution in [0.4, 0.5) is 5.69 Å². The summed E-state index contributed by atoms with van der Waals surface area (Å²) in [7, 11) is 0. The number of aromatic nitrogens is 1. The number of rotatable bonds is 3. The van der Waals surface area contributed by atoms with Gasteiger partial charge >= 0.3 is 0 Å². The number of pyridine rings is 1. The standard InChI is InChI=1S/C22H16N2O/c25-22(21-13-4-5-15-23-21)24-20-14-7-11-18-17(10-6-12-19(18)20)16-8-2-1-3-9-16/h1-15H,(H,24,25). The third-order valence-corrected chi connectivity index (χ3v) is 4.15. The number of carbonyl (C=O) groups is 1. The van der Waals surface area contributed by atoms with Crippen LogP contribution < -0.4 is 5.32 Å². The van der Waals surface area contributed by atoms with Crippen LogP contribution in [0, 0.1) is 0 Å². The molecule has 1 amide bonds. The summed E-state index contributed by atoms with van der Waals surface area (Å²) in [4.78, 5) is 16.5. The Kier molecular flexibility index (Phi) is 3.97. The predicted octanol–water partition coefficient (Wildman–Crippen LogP) is 5.15. The molecule has 0 bridgehead atoms. The molecule has 1 aromatic heterocycles. The molecule has 0 aliphatic heterocycles. The Labute approximate surface area is 146 Å². The van der Waals surface area contributed by atoms with E-state index in [9.17, 15) is 4.79 Å². The van der Waals surface area contributed by atoms with Gasteiger partial charge in [0.15, 0.2) is 0 Å². The molecule has 0 aliphatic rings. The van der Waals surface area contributed by atoms with E-state index in [0.29, 0.717) is 5.69 Å². The lowest BCUT2D eigenvalue weighted by atomic mass is 9.97. The van der Waals surface area contributed by atoms with E-state index in [1.165, 1.54) is 0 Å². The van der Waals surface area contributed by atoms with E-state index in [1.807, 2.05) is 42.5 Å². The number of anilines is 1. The van der Waals surface area contributed by atoms with Gasteiger partial charge in [-0.25, -0.2) is 0 Å². The van der Waals surface area contributed by atoms with Crippen molar-refractivity contribution in [2.45, 2.75) is 0 Å². The van der Waals surface area contributed by atoms with Gasteiger partial charge in [-0.05, 0) is 34.7 Å². The van der Waals surface area contributed by atoms with Crippen molar-refractivity contribution in [3.63, 3.8) is 0 Å². The zero-order valence-corrected chi connectivity index (χ0v) is 13.5. The molecule has 1 heterocycles. The summed E-state index contributed by atoms with van der Waals surface area (Å²) in [5.74, 6) is -0.210. The van der Waals surface area contributed by atoms with Gasteiger partial charge in [0.25, 0.3) is 5.91 Å². The van der Waals surface area contributed by atoms with Crippen LogP contribution in [0.2, 0.25) is 0 Å². The first-order valence-electron chi connectivity index (χ1n) is 8.12. The van der Waals surface area contributed by atoms with Crippen LogP contribution in [0.25, 0.3) is 21.9 Å². The Balaban J connectivity index is 1.78. The molecule has 120 valence electrons. The molecule has 4 rings (SSSR count). The van der Waals surface area contributed by atoms with Gasteiger partial charge in [0.1, 0.15) is 5.69 Å². The Hall–Kier alpha value is -3.46. The number of carbonyl (C=O) groups excluding carboxylic acids is 1. The quantitative estimate of drug-likeness (QED) is 0.566. The molecule has 3 heteroatoms. The lowest BCUT2D eigenvalue weighted by Crippen LogP contribution is -2.13. The second-order valence-corrected chi connectivity index (χ2v) is 5.74. The maximum Gasteiger partial charge on any atom is 0.274 e. The number of nitrogens with zero attached hydrogens (tertiary/aromatic N) is 1. The summed E-state index contributed by atoms with van der Waals surface area (Å²) in [6.07, 6.45) is 1.62. The lowest BCUT2D eigenvalue weighted by molar-refractivity contribution is 0.102. The highest BCUT2D eigenvalue weighted by molar-refractivity contribution is 6.10. The molecule has 0 saturated carbocycles. The van der Waals surface area contributed by atoms with Crippen LogP contribution in [0.1, 0.15) is 10.5 Å². The van der Waals surface area contributed by atoms with Crippen molar-refractivity contribution in [2.24, 2.45) is 0 Å². The van der Waals surface area contributed by atoms with Gasteiger partial charge in [0.2, 0.25) is 0 Å². The molecule has 0 fully saturated rings. The summed E-state index contributed by atoms with van der Waals surface area (Å²) < 4.78 is 0. The maximum absolute atomic E-state index is 12.4. The van der Waals surface area contributed by atoms with Crippen LogP contribution in [0.15, 0.2) is 91.1 Å². The average molecular weight is 324 g/mol. The molecular formula is C22H16N2O.